The maximum atomic E-state index is 12.2. The molecule has 0 spiro atoms. The first kappa shape index (κ1) is 19.0. The van der Waals surface area contributed by atoms with Gasteiger partial charge in [0.1, 0.15) is 0 Å². The fourth-order valence-electron chi connectivity index (χ4n) is 3.27. The van der Waals surface area contributed by atoms with Crippen LogP contribution in [0.3, 0.4) is 0 Å². The molecular weight excluding hydrogens is 318 g/mol. The van der Waals surface area contributed by atoms with Gasteiger partial charge in [-0.3, -0.25) is 9.20 Å². The minimum absolute atomic E-state index is 0.505. The van der Waals surface area contributed by atoms with E-state index in [1.165, 1.54) is 25.7 Å². The van der Waals surface area contributed by atoms with E-state index in [9.17, 15) is 4.21 Å². The molecule has 134 valence electrons. The Kier molecular flexibility index (Phi) is 7.76. The maximum absolute atomic E-state index is 12.2. The zero-order valence-electron chi connectivity index (χ0n) is 15.1. The summed E-state index contributed by atoms with van der Waals surface area (Å²) in [6, 6.07) is 10.1. The lowest BCUT2D eigenvalue weighted by molar-refractivity contribution is 0.250. The summed E-state index contributed by atoms with van der Waals surface area (Å²) in [5.74, 6) is 3.07. The van der Waals surface area contributed by atoms with E-state index in [-0.39, 0.29) is 0 Å². The minimum Gasteiger partial charge on any atom is -0.355 e. The second kappa shape index (κ2) is 9.82. The predicted molar refractivity (Wildman–Crippen MR) is 103 cm³/mol. The fourth-order valence-corrected chi connectivity index (χ4v) is 4.25. The van der Waals surface area contributed by atoms with Crippen molar-refractivity contribution in [2.75, 3.05) is 19.3 Å². The Morgan fingerprint density at radius 3 is 2.46 bits per heavy atom. The SMILES string of the molecule is CN=C(NCCS(=O)c1ccccc1)NC1CCC(C(C)C)CC1. The second-order valence-corrected chi connectivity index (χ2v) is 8.43. The van der Waals surface area contributed by atoms with Gasteiger partial charge in [0.25, 0.3) is 0 Å². The Morgan fingerprint density at radius 2 is 1.88 bits per heavy atom. The van der Waals surface area contributed by atoms with Gasteiger partial charge in [-0.15, -0.1) is 0 Å². The number of nitrogens with one attached hydrogen (secondary N) is 2. The van der Waals surface area contributed by atoms with Gasteiger partial charge in [0.15, 0.2) is 5.96 Å². The van der Waals surface area contributed by atoms with Gasteiger partial charge in [0.2, 0.25) is 0 Å². The topological polar surface area (TPSA) is 53.5 Å². The van der Waals surface area contributed by atoms with Crippen molar-refractivity contribution in [3.8, 4) is 0 Å². The molecule has 2 N–H and O–H groups in total. The molecule has 24 heavy (non-hydrogen) atoms. The predicted octanol–water partition coefficient (Wildman–Crippen LogP) is 3.17. The van der Waals surface area contributed by atoms with Crippen LogP contribution in [0.4, 0.5) is 0 Å². The molecular formula is C19H31N3OS. The molecule has 0 radical (unpaired) electrons. The standard InChI is InChI=1S/C19H31N3OS/c1-15(2)16-9-11-17(12-10-16)22-19(20-3)21-13-14-24(23)18-7-5-4-6-8-18/h4-8,15-17H,9-14H2,1-3H3,(H2,20,21,22). The summed E-state index contributed by atoms with van der Waals surface area (Å²) in [4.78, 5) is 5.18. The normalized spacial score (nSPS) is 23.1. The van der Waals surface area contributed by atoms with Gasteiger partial charge in [-0.1, -0.05) is 32.0 Å². The zero-order valence-corrected chi connectivity index (χ0v) is 15.9. The van der Waals surface area contributed by atoms with E-state index in [0.29, 0.717) is 18.3 Å². The van der Waals surface area contributed by atoms with E-state index in [2.05, 4.69) is 29.5 Å². The van der Waals surface area contributed by atoms with E-state index in [1.807, 2.05) is 30.3 Å². The average molecular weight is 350 g/mol. The third kappa shape index (κ3) is 5.93. The Hall–Kier alpha value is -1.36. The third-order valence-corrected chi connectivity index (χ3v) is 6.24. The zero-order chi connectivity index (χ0) is 17.4. The Morgan fingerprint density at radius 1 is 1.21 bits per heavy atom. The summed E-state index contributed by atoms with van der Waals surface area (Å²) in [6.07, 6.45) is 5.01. The second-order valence-electron chi connectivity index (χ2n) is 6.86. The molecule has 0 aliphatic heterocycles. The maximum Gasteiger partial charge on any atom is 0.191 e. The first-order valence-electron chi connectivity index (χ1n) is 9.00. The van der Waals surface area contributed by atoms with Crippen molar-refractivity contribution < 1.29 is 4.21 Å². The lowest BCUT2D eigenvalue weighted by atomic mass is 9.80. The summed E-state index contributed by atoms with van der Waals surface area (Å²) in [6.45, 7) is 5.31. The quantitative estimate of drug-likeness (QED) is 0.613. The highest BCUT2D eigenvalue weighted by Crippen LogP contribution is 2.29. The first-order chi connectivity index (χ1) is 11.6. The number of benzene rings is 1. The van der Waals surface area contributed by atoms with Crippen LogP contribution in [0.5, 0.6) is 0 Å². The molecule has 2 rings (SSSR count). The highest BCUT2D eigenvalue weighted by atomic mass is 32.2. The van der Waals surface area contributed by atoms with Crippen LogP contribution in [-0.4, -0.2) is 35.6 Å². The number of aliphatic imine (C=N–C) groups is 1. The molecule has 1 aromatic rings. The Labute approximate surface area is 149 Å². The Balaban J connectivity index is 1.71. The number of nitrogens with zero attached hydrogens (tertiary/aromatic N) is 1. The molecule has 5 heteroatoms. The highest BCUT2D eigenvalue weighted by Gasteiger charge is 2.23. The molecule has 0 bridgehead atoms. The van der Waals surface area contributed by atoms with Gasteiger partial charge in [-0.05, 0) is 49.7 Å². The van der Waals surface area contributed by atoms with Crippen LogP contribution in [0.2, 0.25) is 0 Å². The van der Waals surface area contributed by atoms with Crippen molar-refractivity contribution in [2.45, 2.75) is 50.5 Å². The van der Waals surface area contributed by atoms with Crippen LogP contribution >= 0.6 is 0 Å². The minimum atomic E-state index is -0.964. The average Bonchev–Trinajstić information content (AvgIpc) is 2.61. The number of guanidine groups is 1. The van der Waals surface area contributed by atoms with Crippen LogP contribution in [0.15, 0.2) is 40.2 Å². The van der Waals surface area contributed by atoms with Gasteiger partial charge in [-0.25, -0.2) is 0 Å². The molecule has 1 fully saturated rings. The molecule has 0 heterocycles. The molecule has 1 aliphatic carbocycles. The van der Waals surface area contributed by atoms with Gasteiger partial charge < -0.3 is 10.6 Å². The van der Waals surface area contributed by atoms with Gasteiger partial charge in [-0.2, -0.15) is 0 Å². The summed E-state index contributed by atoms with van der Waals surface area (Å²) in [5, 5.41) is 6.82. The summed E-state index contributed by atoms with van der Waals surface area (Å²) in [7, 11) is 0.831. The van der Waals surface area contributed by atoms with E-state index in [4.69, 9.17) is 0 Å². The van der Waals surface area contributed by atoms with Gasteiger partial charge in [0.05, 0.1) is 10.8 Å². The van der Waals surface area contributed by atoms with Crippen molar-refractivity contribution in [3.63, 3.8) is 0 Å². The highest BCUT2D eigenvalue weighted by molar-refractivity contribution is 7.85. The summed E-state index contributed by atoms with van der Waals surface area (Å²) >= 11 is 0. The van der Waals surface area contributed by atoms with Crippen molar-refractivity contribution in [3.05, 3.63) is 30.3 Å². The van der Waals surface area contributed by atoms with E-state index < -0.39 is 10.8 Å². The number of rotatable bonds is 6. The lowest BCUT2D eigenvalue weighted by Gasteiger charge is -2.32. The van der Waals surface area contributed by atoms with Crippen LogP contribution in [0.1, 0.15) is 39.5 Å². The van der Waals surface area contributed by atoms with Crippen molar-refractivity contribution in [1.29, 1.82) is 0 Å². The number of hydrogen-bond acceptors (Lipinski definition) is 2. The monoisotopic (exact) mass is 349 g/mol. The molecule has 1 atom stereocenters. The molecule has 0 saturated heterocycles. The van der Waals surface area contributed by atoms with Crippen molar-refractivity contribution in [2.24, 2.45) is 16.8 Å². The molecule has 0 aromatic heterocycles. The fraction of sp³-hybridized carbons (Fsp3) is 0.632. The van der Waals surface area contributed by atoms with E-state index in [0.717, 1.165) is 22.7 Å². The molecule has 1 aromatic carbocycles. The van der Waals surface area contributed by atoms with Gasteiger partial charge >= 0.3 is 0 Å². The first-order valence-corrected chi connectivity index (χ1v) is 10.3. The molecule has 1 aliphatic rings. The molecule has 4 nitrogen and oxygen atoms in total. The summed E-state index contributed by atoms with van der Waals surface area (Å²) in [5.41, 5.74) is 0. The van der Waals surface area contributed by atoms with Crippen molar-refractivity contribution in [1.82, 2.24) is 10.6 Å². The van der Waals surface area contributed by atoms with Crippen LogP contribution < -0.4 is 10.6 Å². The summed E-state index contributed by atoms with van der Waals surface area (Å²) < 4.78 is 12.2. The smallest absolute Gasteiger partial charge is 0.191 e. The van der Waals surface area contributed by atoms with E-state index in [1.54, 1.807) is 7.05 Å². The van der Waals surface area contributed by atoms with Crippen molar-refractivity contribution >= 4 is 16.8 Å². The van der Waals surface area contributed by atoms with Crippen LogP contribution in [0, 0.1) is 11.8 Å². The van der Waals surface area contributed by atoms with E-state index >= 15 is 0 Å². The third-order valence-electron chi connectivity index (χ3n) is 4.87. The van der Waals surface area contributed by atoms with Gasteiger partial charge in [0, 0.05) is 30.3 Å². The molecule has 1 unspecified atom stereocenters. The Bertz CT molecular complexity index is 537. The molecule has 0 amide bonds. The number of hydrogen-bond donors (Lipinski definition) is 2. The van der Waals surface area contributed by atoms with Crippen LogP contribution in [-0.2, 0) is 10.8 Å². The van der Waals surface area contributed by atoms with Crippen LogP contribution in [0.25, 0.3) is 0 Å². The largest absolute Gasteiger partial charge is 0.355 e. The lowest BCUT2D eigenvalue weighted by Crippen LogP contribution is -2.46. The molecule has 1 saturated carbocycles.